The predicted octanol–water partition coefficient (Wildman–Crippen LogP) is 0.364. The summed E-state index contributed by atoms with van der Waals surface area (Å²) in [6, 6.07) is 4.97. The number of fused-ring (bicyclic) bond motifs is 1. The van der Waals surface area contributed by atoms with E-state index in [1.165, 1.54) is 6.92 Å². The summed E-state index contributed by atoms with van der Waals surface area (Å²) in [5.74, 6) is -0.0223. The number of carbonyl (C=O) groups excluding carboxylic acids is 1. The van der Waals surface area contributed by atoms with Crippen LogP contribution in [0.2, 0.25) is 0 Å². The maximum absolute atomic E-state index is 12.3. The van der Waals surface area contributed by atoms with Gasteiger partial charge in [0.2, 0.25) is 15.9 Å². The van der Waals surface area contributed by atoms with E-state index >= 15 is 0 Å². The molecule has 3 N–H and O–H groups in total. The molecule has 0 aromatic heterocycles. The van der Waals surface area contributed by atoms with Crippen LogP contribution in [-0.2, 0) is 21.2 Å². The highest BCUT2D eigenvalue weighted by atomic mass is 32.2. The Bertz CT molecular complexity index is 681. The van der Waals surface area contributed by atoms with Crippen LogP contribution >= 0.6 is 0 Å². The fraction of sp³-hybridized carbons (Fsp3) is 0.500. The molecule has 114 valence electrons. The highest BCUT2D eigenvalue weighted by molar-refractivity contribution is 7.89. The van der Waals surface area contributed by atoms with Gasteiger partial charge in [0, 0.05) is 31.2 Å². The van der Waals surface area contributed by atoms with Crippen LogP contribution in [0.15, 0.2) is 23.1 Å². The van der Waals surface area contributed by atoms with E-state index in [1.54, 1.807) is 23.1 Å². The standard InChI is InChI=1S/C14H19N3O3S/c1-9(18)17-5-4-10-6-13(2-3-14(10)17)21(19,20)16-12-7-11(15)8-12/h2-3,6,11-12,16H,4-5,7-8,15H2,1H3. The van der Waals surface area contributed by atoms with Gasteiger partial charge in [0.15, 0.2) is 0 Å². The molecule has 0 unspecified atom stereocenters. The number of hydrogen-bond acceptors (Lipinski definition) is 4. The minimum Gasteiger partial charge on any atom is -0.328 e. The van der Waals surface area contributed by atoms with E-state index in [4.69, 9.17) is 5.73 Å². The van der Waals surface area contributed by atoms with Crippen LogP contribution < -0.4 is 15.4 Å². The van der Waals surface area contributed by atoms with Gasteiger partial charge in [-0.1, -0.05) is 0 Å². The van der Waals surface area contributed by atoms with Crippen LogP contribution in [0, 0.1) is 0 Å². The van der Waals surface area contributed by atoms with Crippen LogP contribution in [0.5, 0.6) is 0 Å². The average Bonchev–Trinajstić information content (AvgIpc) is 2.79. The molecule has 0 spiro atoms. The summed E-state index contributed by atoms with van der Waals surface area (Å²) >= 11 is 0. The Kier molecular flexibility index (Phi) is 3.51. The van der Waals surface area contributed by atoms with Crippen molar-refractivity contribution in [2.75, 3.05) is 11.4 Å². The highest BCUT2D eigenvalue weighted by Crippen LogP contribution is 2.30. The van der Waals surface area contributed by atoms with E-state index in [1.807, 2.05) is 0 Å². The lowest BCUT2D eigenvalue weighted by atomic mass is 9.89. The molecule has 1 aromatic carbocycles. The average molecular weight is 309 g/mol. The summed E-state index contributed by atoms with van der Waals surface area (Å²) in [5.41, 5.74) is 7.38. The first-order valence-corrected chi connectivity index (χ1v) is 8.54. The van der Waals surface area contributed by atoms with Gasteiger partial charge in [0.05, 0.1) is 4.90 Å². The molecule has 1 aliphatic carbocycles. The van der Waals surface area contributed by atoms with Gasteiger partial charge >= 0.3 is 0 Å². The molecular formula is C14H19N3O3S. The molecule has 21 heavy (non-hydrogen) atoms. The Morgan fingerprint density at radius 3 is 2.71 bits per heavy atom. The number of nitrogens with zero attached hydrogens (tertiary/aromatic N) is 1. The van der Waals surface area contributed by atoms with E-state index in [-0.39, 0.29) is 22.9 Å². The van der Waals surface area contributed by atoms with E-state index in [2.05, 4.69) is 4.72 Å². The zero-order valence-corrected chi connectivity index (χ0v) is 12.7. The lowest BCUT2D eigenvalue weighted by Gasteiger charge is -2.32. The minimum atomic E-state index is -3.51. The molecule has 6 nitrogen and oxygen atoms in total. The minimum absolute atomic E-state index is 0.0223. The van der Waals surface area contributed by atoms with Crippen molar-refractivity contribution in [1.29, 1.82) is 0 Å². The third kappa shape index (κ3) is 2.68. The molecule has 0 atom stereocenters. The second kappa shape index (κ2) is 5.08. The summed E-state index contributed by atoms with van der Waals surface area (Å²) in [6.45, 7) is 2.13. The molecule has 3 rings (SSSR count). The largest absolute Gasteiger partial charge is 0.328 e. The molecule has 1 amide bonds. The van der Waals surface area contributed by atoms with Gasteiger partial charge in [0.1, 0.15) is 0 Å². The molecule has 1 fully saturated rings. The topological polar surface area (TPSA) is 92.5 Å². The monoisotopic (exact) mass is 309 g/mol. The Morgan fingerprint density at radius 1 is 1.38 bits per heavy atom. The number of rotatable bonds is 3. The molecular weight excluding hydrogens is 290 g/mol. The van der Waals surface area contributed by atoms with Crippen LogP contribution in [0.25, 0.3) is 0 Å². The first-order valence-electron chi connectivity index (χ1n) is 7.06. The predicted molar refractivity (Wildman–Crippen MR) is 79.5 cm³/mol. The SMILES string of the molecule is CC(=O)N1CCc2cc(S(=O)(=O)NC3CC(N)C3)ccc21. The van der Waals surface area contributed by atoms with Crippen molar-refractivity contribution in [2.45, 2.75) is 43.2 Å². The normalized spacial score (nSPS) is 24.6. The molecule has 1 saturated carbocycles. The number of anilines is 1. The Balaban J connectivity index is 1.82. The summed E-state index contributed by atoms with van der Waals surface area (Å²) in [6.07, 6.45) is 2.05. The molecule has 2 aliphatic rings. The van der Waals surface area contributed by atoms with Gasteiger partial charge in [-0.15, -0.1) is 0 Å². The first kappa shape index (κ1) is 14.5. The van der Waals surface area contributed by atoms with Crippen molar-refractivity contribution in [3.63, 3.8) is 0 Å². The second-order valence-corrected chi connectivity index (χ2v) is 7.47. The summed E-state index contributed by atoms with van der Waals surface area (Å²) in [5, 5.41) is 0. The summed E-state index contributed by atoms with van der Waals surface area (Å²) < 4.78 is 27.3. The Labute approximate surface area is 124 Å². The third-order valence-corrected chi connectivity index (χ3v) is 5.65. The van der Waals surface area contributed by atoms with Crippen LogP contribution in [0.4, 0.5) is 5.69 Å². The van der Waals surface area contributed by atoms with Crippen molar-refractivity contribution in [1.82, 2.24) is 4.72 Å². The Hall–Kier alpha value is -1.44. The second-order valence-electron chi connectivity index (χ2n) is 5.76. The smallest absolute Gasteiger partial charge is 0.240 e. The van der Waals surface area contributed by atoms with Crippen molar-refractivity contribution >= 4 is 21.6 Å². The molecule has 7 heteroatoms. The van der Waals surface area contributed by atoms with E-state index in [0.717, 1.165) is 11.3 Å². The molecule has 0 bridgehead atoms. The third-order valence-electron chi connectivity index (χ3n) is 4.13. The lowest BCUT2D eigenvalue weighted by molar-refractivity contribution is -0.116. The Morgan fingerprint density at radius 2 is 2.10 bits per heavy atom. The number of benzene rings is 1. The maximum atomic E-state index is 12.3. The summed E-state index contributed by atoms with van der Waals surface area (Å²) in [7, 11) is -3.51. The van der Waals surface area contributed by atoms with Crippen molar-refractivity contribution in [2.24, 2.45) is 5.73 Å². The van der Waals surface area contributed by atoms with E-state index < -0.39 is 10.0 Å². The van der Waals surface area contributed by atoms with Crippen LogP contribution in [-0.4, -0.2) is 33.0 Å². The maximum Gasteiger partial charge on any atom is 0.240 e. The number of nitrogens with two attached hydrogens (primary N) is 1. The summed E-state index contributed by atoms with van der Waals surface area (Å²) in [4.78, 5) is 13.4. The zero-order chi connectivity index (χ0) is 15.2. The van der Waals surface area contributed by atoms with Crippen molar-refractivity contribution in [3.8, 4) is 0 Å². The van der Waals surface area contributed by atoms with Gasteiger partial charge in [0.25, 0.3) is 0 Å². The van der Waals surface area contributed by atoms with E-state index in [0.29, 0.717) is 25.8 Å². The molecule has 0 saturated heterocycles. The van der Waals surface area contributed by atoms with Gasteiger partial charge in [-0.05, 0) is 43.0 Å². The number of hydrogen-bond donors (Lipinski definition) is 2. The van der Waals surface area contributed by atoms with Gasteiger partial charge < -0.3 is 10.6 Å². The lowest BCUT2D eigenvalue weighted by Crippen LogP contribution is -2.50. The molecule has 1 aromatic rings. The number of carbonyl (C=O) groups is 1. The molecule has 0 radical (unpaired) electrons. The highest BCUT2D eigenvalue weighted by Gasteiger charge is 2.31. The fourth-order valence-electron chi connectivity index (χ4n) is 2.92. The van der Waals surface area contributed by atoms with Gasteiger partial charge in [-0.3, -0.25) is 4.79 Å². The first-order chi connectivity index (χ1) is 9.87. The van der Waals surface area contributed by atoms with Crippen molar-refractivity contribution in [3.05, 3.63) is 23.8 Å². The van der Waals surface area contributed by atoms with Crippen molar-refractivity contribution < 1.29 is 13.2 Å². The fourth-order valence-corrected chi connectivity index (χ4v) is 4.23. The van der Waals surface area contributed by atoms with Crippen LogP contribution in [0.1, 0.15) is 25.3 Å². The number of amides is 1. The van der Waals surface area contributed by atoms with Gasteiger partial charge in [-0.2, -0.15) is 0 Å². The quantitative estimate of drug-likeness (QED) is 0.843. The van der Waals surface area contributed by atoms with E-state index in [9.17, 15) is 13.2 Å². The number of sulfonamides is 1. The van der Waals surface area contributed by atoms with Crippen LogP contribution in [0.3, 0.4) is 0 Å². The molecule has 1 heterocycles. The van der Waals surface area contributed by atoms with Gasteiger partial charge in [-0.25, -0.2) is 13.1 Å². The zero-order valence-electron chi connectivity index (χ0n) is 11.9. The number of nitrogens with one attached hydrogen (secondary N) is 1. The molecule has 1 aliphatic heterocycles.